The Balaban J connectivity index is 0.875. The highest BCUT2D eigenvalue weighted by molar-refractivity contribution is 5.98. The van der Waals surface area contributed by atoms with E-state index in [1.807, 2.05) is 66.7 Å². The molecule has 3 aromatic rings. The number of unbranched alkanes of at least 4 members (excludes halogenated alkanes) is 6. The molecule has 0 spiro atoms. The van der Waals surface area contributed by atoms with Gasteiger partial charge in [0.2, 0.25) is 0 Å². The number of carbonyl (C=O) groups is 8. The zero-order valence-electron chi connectivity index (χ0n) is 71.3. The smallest absolute Gasteiger partial charge is 0.306 e. The van der Waals surface area contributed by atoms with Crippen molar-refractivity contribution in [2.45, 2.75) is 321 Å². The Kier molecular flexibility index (Phi) is 38.2. The van der Waals surface area contributed by atoms with Crippen molar-refractivity contribution >= 4 is 46.5 Å². The normalized spacial score (nSPS) is 28.0. The number of hydrogen-bond donors (Lipinski definition) is 0. The van der Waals surface area contributed by atoms with Gasteiger partial charge >= 0.3 is 5.97 Å². The number of Topliss-reactive ketones (excluding diaryl/α,β-unsaturated/α-hetero) is 7. The number of ketones is 7. The zero-order valence-corrected chi connectivity index (χ0v) is 71.3. The van der Waals surface area contributed by atoms with Crippen molar-refractivity contribution in [2.75, 3.05) is 39.6 Å². The quantitative estimate of drug-likeness (QED) is 0.0227. The summed E-state index contributed by atoms with van der Waals surface area (Å²) in [5, 5.41) is 0. The number of ether oxygens (including phenoxy) is 4. The average Bonchev–Trinajstić information content (AvgIpc) is 0.687. The predicted molar refractivity (Wildman–Crippen MR) is 445 cm³/mol. The molecule has 110 heavy (non-hydrogen) atoms. The minimum Gasteiger partial charge on any atom is -0.454 e. The SMILES string of the molecule is CC(=O)C[C@H]1C(=O)[C@]2(C)[C@@H](C)C[C@@H](C)[C@](C)(CC(C)=O)C2(C)C(CC(=O)c2ccccc2)[C@]2(C)CC(CC(=O)C(OC(=O)CCC(=O)CCCCOCCOCCOCCCCCCCCC(C)CCCC3CCCCC(CCCC(C)CCCC(C)C)C3)C(CC(=O)c3ccccc3)c3ccccc3)C(C)C1[C@@H]2C. The molecule has 0 amide bonds. The summed E-state index contributed by atoms with van der Waals surface area (Å²) in [6, 6.07) is 27.4. The van der Waals surface area contributed by atoms with Gasteiger partial charge in [0.1, 0.15) is 23.1 Å². The Labute approximate surface area is 666 Å². The van der Waals surface area contributed by atoms with Crippen molar-refractivity contribution < 1.29 is 57.3 Å². The highest BCUT2D eigenvalue weighted by Gasteiger charge is 2.74. The number of rotatable bonds is 51. The van der Waals surface area contributed by atoms with Crippen LogP contribution in [0.1, 0.15) is 341 Å². The van der Waals surface area contributed by atoms with Crippen LogP contribution in [0.15, 0.2) is 91.0 Å². The Hall–Kier alpha value is -5.30. The fourth-order valence-corrected chi connectivity index (χ4v) is 22.1. The van der Waals surface area contributed by atoms with E-state index < -0.39 is 63.3 Å². The van der Waals surface area contributed by atoms with E-state index in [2.05, 4.69) is 83.1 Å². The monoisotopic (exact) mass is 1520 g/mol. The van der Waals surface area contributed by atoms with Crippen molar-refractivity contribution in [2.24, 2.45) is 98.6 Å². The molecule has 4 fully saturated rings. The third-order valence-electron chi connectivity index (χ3n) is 29.1. The molecule has 11 unspecified atom stereocenters. The van der Waals surface area contributed by atoms with Gasteiger partial charge in [-0.3, -0.25) is 28.8 Å². The lowest BCUT2D eigenvalue weighted by Gasteiger charge is -2.73. The molecule has 3 aromatic carbocycles. The molecule has 4 aliphatic rings. The highest BCUT2D eigenvalue weighted by atomic mass is 16.6. The van der Waals surface area contributed by atoms with Gasteiger partial charge in [-0.1, -0.05) is 296 Å². The first-order chi connectivity index (χ1) is 52.5. The summed E-state index contributed by atoms with van der Waals surface area (Å²) in [6.07, 6.45) is 30.0. The minimum absolute atomic E-state index is 0.00187. The van der Waals surface area contributed by atoms with Crippen LogP contribution < -0.4 is 0 Å². The summed E-state index contributed by atoms with van der Waals surface area (Å²) >= 11 is 0. The summed E-state index contributed by atoms with van der Waals surface area (Å²) in [6.45, 7) is 33.3. The molecule has 2 bridgehead atoms. The van der Waals surface area contributed by atoms with Crippen LogP contribution in [-0.4, -0.2) is 92.2 Å². The maximum absolute atomic E-state index is 16.6. The zero-order chi connectivity index (χ0) is 80.0. The standard InChI is InChI=1S/C98H150O12/c1-69(2)37-34-39-71(4)41-36-45-79-43-30-29-42-78(63-79)44-35-40-70(3)38-22-17-15-16-18-32-55-107-57-59-109-60-58-108-56-33-31-52-84(101)53-54-91(105)110-93(85(80-46-23-19-24-47-80)65-87(102)81-48-25-20-26-49-81)89(104)64-83-68-95(11)77(10)92(76(83)9)86(62-74(7)99)94(106)97(13)73(6)61-72(5)96(12,67-75(8)100)98(97,14)90(95)66-88(103)82-50-27-21-28-51-82/h19-21,23-28,46-51,69-73,76-79,83,85-86,90,92-93H,15-18,22,29-45,52-68H2,1-14H3/t70?,71?,72-,73+,76?,77+,78?,79?,83?,85?,86-,90?,92?,93?,95-,96+,97+,98?/m1/s1. The molecule has 4 saturated carbocycles. The second kappa shape index (κ2) is 45.7. The lowest BCUT2D eigenvalue weighted by Crippen LogP contribution is -2.72. The fraction of sp³-hybridized carbons (Fsp3) is 0.735. The number of carbonyl (C=O) groups excluding carboxylic acids is 8. The molecule has 0 N–H and O–H groups in total. The van der Waals surface area contributed by atoms with E-state index >= 15 is 14.4 Å². The van der Waals surface area contributed by atoms with E-state index in [-0.39, 0.29) is 116 Å². The average molecular weight is 1520 g/mol. The molecule has 7 rings (SSSR count). The molecular weight excluding hydrogens is 1370 g/mol. The Morgan fingerprint density at radius 3 is 1.60 bits per heavy atom. The van der Waals surface area contributed by atoms with Gasteiger partial charge in [-0.15, -0.1) is 0 Å². The van der Waals surface area contributed by atoms with Gasteiger partial charge in [-0.25, -0.2) is 0 Å². The third kappa shape index (κ3) is 25.9. The molecule has 0 radical (unpaired) electrons. The van der Waals surface area contributed by atoms with Crippen molar-refractivity contribution in [3.8, 4) is 0 Å². The predicted octanol–water partition coefficient (Wildman–Crippen LogP) is 23.5. The largest absolute Gasteiger partial charge is 0.454 e. The molecule has 0 aromatic heterocycles. The van der Waals surface area contributed by atoms with E-state index in [0.717, 1.165) is 42.6 Å². The molecular formula is C98H150O12. The van der Waals surface area contributed by atoms with Crippen LogP contribution in [0.3, 0.4) is 0 Å². The first-order valence-corrected chi connectivity index (χ1v) is 44.3. The van der Waals surface area contributed by atoms with E-state index in [1.54, 1.807) is 38.1 Å². The number of hydrogen-bond acceptors (Lipinski definition) is 12. The summed E-state index contributed by atoms with van der Waals surface area (Å²) in [5.41, 5.74) is -1.96. The van der Waals surface area contributed by atoms with Crippen molar-refractivity contribution in [3.63, 3.8) is 0 Å². The second-order valence-electron chi connectivity index (χ2n) is 37.3. The maximum Gasteiger partial charge on any atom is 0.306 e. The molecule has 12 heteroatoms. The van der Waals surface area contributed by atoms with Crippen molar-refractivity contribution in [1.29, 1.82) is 0 Å². The van der Waals surface area contributed by atoms with Gasteiger partial charge in [-0.2, -0.15) is 0 Å². The second-order valence-corrected chi connectivity index (χ2v) is 37.3. The van der Waals surface area contributed by atoms with Gasteiger partial charge in [0, 0.05) is 86.5 Å². The van der Waals surface area contributed by atoms with Gasteiger partial charge < -0.3 is 28.5 Å². The van der Waals surface area contributed by atoms with Crippen LogP contribution in [0.5, 0.6) is 0 Å². The van der Waals surface area contributed by atoms with Crippen LogP contribution in [0, 0.1) is 98.6 Å². The minimum atomic E-state index is -1.44. The Morgan fingerprint density at radius 2 is 1.04 bits per heavy atom. The molecule has 0 saturated heterocycles. The maximum atomic E-state index is 16.6. The third-order valence-corrected chi connectivity index (χ3v) is 29.1. The molecule has 12 nitrogen and oxygen atoms in total. The summed E-state index contributed by atoms with van der Waals surface area (Å²) in [5.74, 6) is -0.814. The van der Waals surface area contributed by atoms with Gasteiger partial charge in [0.15, 0.2) is 23.5 Å². The molecule has 614 valence electrons. The lowest BCUT2D eigenvalue weighted by atomic mass is 9.30. The van der Waals surface area contributed by atoms with Crippen LogP contribution in [0.2, 0.25) is 0 Å². The van der Waals surface area contributed by atoms with E-state index in [9.17, 15) is 24.0 Å². The number of benzene rings is 3. The first-order valence-electron chi connectivity index (χ1n) is 44.3. The fourth-order valence-electron chi connectivity index (χ4n) is 22.1. The van der Waals surface area contributed by atoms with Gasteiger partial charge in [-0.05, 0) is 145 Å². The molecule has 18 atom stereocenters. The number of esters is 1. The van der Waals surface area contributed by atoms with Crippen LogP contribution in [0.25, 0.3) is 0 Å². The van der Waals surface area contributed by atoms with Crippen molar-refractivity contribution in [3.05, 3.63) is 108 Å². The highest BCUT2D eigenvalue weighted by Crippen LogP contribution is 2.76. The number of fused-ring (bicyclic) bond motifs is 3. The van der Waals surface area contributed by atoms with Gasteiger partial charge in [0.05, 0.1) is 32.8 Å². The lowest BCUT2D eigenvalue weighted by molar-refractivity contribution is -0.246. The first kappa shape index (κ1) is 91.9. The molecule has 0 aliphatic heterocycles. The van der Waals surface area contributed by atoms with E-state index in [0.29, 0.717) is 75.4 Å². The Morgan fingerprint density at radius 1 is 0.518 bits per heavy atom. The topological polar surface area (TPSA) is 173 Å². The van der Waals surface area contributed by atoms with E-state index in [1.165, 1.54) is 128 Å². The van der Waals surface area contributed by atoms with Gasteiger partial charge in [0.25, 0.3) is 0 Å². The van der Waals surface area contributed by atoms with Crippen molar-refractivity contribution in [1.82, 2.24) is 0 Å². The summed E-state index contributed by atoms with van der Waals surface area (Å²) in [4.78, 5) is 118. The molecule has 0 heterocycles. The molecule has 4 aliphatic carbocycles. The van der Waals surface area contributed by atoms with Crippen LogP contribution in [-0.2, 0) is 47.7 Å². The summed E-state index contributed by atoms with van der Waals surface area (Å²) < 4.78 is 24.0. The van der Waals surface area contributed by atoms with Crippen LogP contribution >= 0.6 is 0 Å². The Bertz CT molecular complexity index is 3290. The van der Waals surface area contributed by atoms with E-state index in [4.69, 9.17) is 18.9 Å². The van der Waals surface area contributed by atoms with Crippen LogP contribution in [0.4, 0.5) is 0 Å². The summed E-state index contributed by atoms with van der Waals surface area (Å²) in [7, 11) is 0.